The first kappa shape index (κ1) is 13.5. The van der Waals surface area contributed by atoms with E-state index in [9.17, 15) is 4.79 Å². The Morgan fingerprint density at radius 3 is 2.76 bits per heavy atom. The van der Waals surface area contributed by atoms with E-state index in [0.29, 0.717) is 18.7 Å². The molecule has 17 heavy (non-hydrogen) atoms. The third kappa shape index (κ3) is 3.46. The minimum atomic E-state index is -0.925. The number of ether oxygens (including phenoxy) is 1. The summed E-state index contributed by atoms with van der Waals surface area (Å²) in [5.74, 6) is -0.248. The molecule has 0 aliphatic rings. The van der Waals surface area contributed by atoms with Crippen molar-refractivity contribution in [2.45, 2.75) is 32.9 Å². The van der Waals surface area contributed by atoms with Crippen molar-refractivity contribution in [3.8, 4) is 5.75 Å². The molecule has 0 radical (unpaired) electrons. The number of hydrogen-bond donors (Lipinski definition) is 2. The lowest BCUT2D eigenvalue weighted by molar-refractivity contribution is -0.145. The zero-order valence-electron chi connectivity index (χ0n) is 10.5. The van der Waals surface area contributed by atoms with Gasteiger partial charge in [-0.25, -0.2) is 4.79 Å². The number of carbonyl (C=O) groups is 1. The molecule has 0 aliphatic carbocycles. The van der Waals surface area contributed by atoms with Gasteiger partial charge in [-0.15, -0.1) is 0 Å². The van der Waals surface area contributed by atoms with Gasteiger partial charge in [-0.3, -0.25) is 0 Å². The van der Waals surface area contributed by atoms with Crippen LogP contribution in [0.1, 0.15) is 24.5 Å². The molecule has 0 saturated heterocycles. The summed E-state index contributed by atoms with van der Waals surface area (Å²) in [4.78, 5) is 11.0. The zero-order valence-corrected chi connectivity index (χ0v) is 10.5. The Hall–Kier alpha value is -1.55. The molecule has 1 aromatic carbocycles. The molecule has 0 bridgehead atoms. The second-order valence-electron chi connectivity index (χ2n) is 3.95. The molecule has 1 atom stereocenters. The summed E-state index contributed by atoms with van der Waals surface area (Å²) < 4.78 is 5.60. The van der Waals surface area contributed by atoms with Gasteiger partial charge in [0.1, 0.15) is 5.75 Å². The number of rotatable bonds is 6. The average Bonchev–Trinajstić information content (AvgIpc) is 2.28. The highest BCUT2D eigenvalue weighted by Gasteiger charge is 2.19. The largest absolute Gasteiger partial charge is 0.479 e. The molecule has 94 valence electrons. The van der Waals surface area contributed by atoms with Crippen molar-refractivity contribution in [1.82, 2.24) is 5.32 Å². The Morgan fingerprint density at radius 2 is 2.24 bits per heavy atom. The molecule has 4 nitrogen and oxygen atoms in total. The number of benzene rings is 1. The minimum absolute atomic E-state index is 0.447. The van der Waals surface area contributed by atoms with Crippen LogP contribution in [0, 0.1) is 6.92 Å². The number of para-hydroxylation sites is 1. The topological polar surface area (TPSA) is 58.6 Å². The quantitative estimate of drug-likeness (QED) is 0.794. The van der Waals surface area contributed by atoms with Gasteiger partial charge in [0, 0.05) is 12.1 Å². The van der Waals surface area contributed by atoms with Gasteiger partial charge < -0.3 is 15.2 Å². The van der Waals surface area contributed by atoms with E-state index in [1.165, 1.54) is 0 Å². The SMILES string of the molecule is CCC(Oc1c(C)cccc1CNC)C(=O)O. The van der Waals surface area contributed by atoms with Gasteiger partial charge in [0.2, 0.25) is 0 Å². The lowest BCUT2D eigenvalue weighted by Gasteiger charge is -2.18. The maximum atomic E-state index is 11.0. The van der Waals surface area contributed by atoms with Crippen molar-refractivity contribution in [1.29, 1.82) is 0 Å². The number of hydrogen-bond acceptors (Lipinski definition) is 3. The molecule has 4 heteroatoms. The smallest absolute Gasteiger partial charge is 0.344 e. The summed E-state index contributed by atoms with van der Waals surface area (Å²) >= 11 is 0. The van der Waals surface area contributed by atoms with E-state index in [0.717, 1.165) is 11.1 Å². The van der Waals surface area contributed by atoms with Gasteiger partial charge in [-0.1, -0.05) is 25.1 Å². The fourth-order valence-electron chi connectivity index (χ4n) is 1.66. The summed E-state index contributed by atoms with van der Waals surface area (Å²) in [6, 6.07) is 5.80. The van der Waals surface area contributed by atoms with Gasteiger partial charge in [-0.2, -0.15) is 0 Å². The maximum Gasteiger partial charge on any atom is 0.344 e. The monoisotopic (exact) mass is 237 g/mol. The molecule has 0 aromatic heterocycles. The van der Waals surface area contributed by atoms with Crippen LogP contribution in [0.5, 0.6) is 5.75 Å². The standard InChI is InChI=1S/C13H19NO3/c1-4-11(13(15)16)17-12-9(2)6-5-7-10(12)8-14-3/h5-7,11,14H,4,8H2,1-3H3,(H,15,16). The van der Waals surface area contributed by atoms with Crippen LogP contribution < -0.4 is 10.1 Å². The van der Waals surface area contributed by atoms with Crippen LogP contribution in [0.2, 0.25) is 0 Å². The normalized spacial score (nSPS) is 12.2. The summed E-state index contributed by atoms with van der Waals surface area (Å²) in [6.07, 6.45) is -0.338. The van der Waals surface area contributed by atoms with Crippen molar-refractivity contribution in [3.63, 3.8) is 0 Å². The van der Waals surface area contributed by atoms with E-state index in [4.69, 9.17) is 9.84 Å². The van der Waals surface area contributed by atoms with E-state index in [1.807, 2.05) is 32.2 Å². The maximum absolute atomic E-state index is 11.0. The van der Waals surface area contributed by atoms with Crippen molar-refractivity contribution < 1.29 is 14.6 Å². The van der Waals surface area contributed by atoms with Gasteiger partial charge in [0.15, 0.2) is 6.10 Å². The summed E-state index contributed by atoms with van der Waals surface area (Å²) in [5.41, 5.74) is 1.93. The third-order valence-corrected chi connectivity index (χ3v) is 2.57. The predicted octanol–water partition coefficient (Wildman–Crippen LogP) is 1.96. The van der Waals surface area contributed by atoms with Crippen LogP contribution in [0.3, 0.4) is 0 Å². The lowest BCUT2D eigenvalue weighted by Crippen LogP contribution is -2.27. The number of nitrogens with one attached hydrogen (secondary N) is 1. The van der Waals surface area contributed by atoms with Crippen LogP contribution in [-0.2, 0) is 11.3 Å². The first-order chi connectivity index (χ1) is 8.10. The molecule has 2 N–H and O–H groups in total. The molecule has 0 aliphatic heterocycles. The van der Waals surface area contributed by atoms with E-state index in [1.54, 1.807) is 6.92 Å². The van der Waals surface area contributed by atoms with E-state index in [2.05, 4.69) is 5.32 Å². The van der Waals surface area contributed by atoms with Crippen molar-refractivity contribution in [3.05, 3.63) is 29.3 Å². The molecule has 0 amide bonds. The first-order valence-electron chi connectivity index (χ1n) is 5.72. The molecular weight excluding hydrogens is 218 g/mol. The number of carboxylic acids is 1. The number of aryl methyl sites for hydroxylation is 1. The van der Waals surface area contributed by atoms with E-state index < -0.39 is 12.1 Å². The Morgan fingerprint density at radius 1 is 1.53 bits per heavy atom. The van der Waals surface area contributed by atoms with Crippen LogP contribution in [0.25, 0.3) is 0 Å². The number of carboxylic acid groups (broad SMARTS) is 1. The molecule has 0 saturated carbocycles. The summed E-state index contributed by atoms with van der Waals surface area (Å²) in [5, 5.41) is 12.1. The predicted molar refractivity (Wildman–Crippen MR) is 66.3 cm³/mol. The van der Waals surface area contributed by atoms with E-state index in [-0.39, 0.29) is 0 Å². The molecular formula is C13H19NO3. The lowest BCUT2D eigenvalue weighted by atomic mass is 10.1. The molecule has 1 aromatic rings. The van der Waals surface area contributed by atoms with Crippen molar-refractivity contribution in [2.24, 2.45) is 0 Å². The first-order valence-corrected chi connectivity index (χ1v) is 5.72. The Bertz CT molecular complexity index is 390. The summed E-state index contributed by atoms with van der Waals surface area (Å²) in [6.45, 7) is 4.38. The highest BCUT2D eigenvalue weighted by molar-refractivity contribution is 5.72. The number of aliphatic carboxylic acids is 1. The molecule has 0 fully saturated rings. The highest BCUT2D eigenvalue weighted by atomic mass is 16.5. The Labute approximate surface area is 102 Å². The van der Waals surface area contributed by atoms with Gasteiger partial charge in [0.05, 0.1) is 0 Å². The summed E-state index contributed by atoms with van der Waals surface area (Å²) in [7, 11) is 1.85. The van der Waals surface area contributed by atoms with Crippen molar-refractivity contribution >= 4 is 5.97 Å². The third-order valence-electron chi connectivity index (χ3n) is 2.57. The molecule has 0 spiro atoms. The fourth-order valence-corrected chi connectivity index (χ4v) is 1.66. The minimum Gasteiger partial charge on any atom is -0.479 e. The van der Waals surface area contributed by atoms with Crippen LogP contribution >= 0.6 is 0 Å². The van der Waals surface area contributed by atoms with E-state index >= 15 is 0 Å². The molecule has 1 unspecified atom stereocenters. The van der Waals surface area contributed by atoms with Crippen LogP contribution in [0.4, 0.5) is 0 Å². The van der Waals surface area contributed by atoms with Crippen LogP contribution in [-0.4, -0.2) is 24.2 Å². The Balaban J connectivity index is 2.98. The zero-order chi connectivity index (χ0) is 12.8. The Kier molecular flexibility index (Phi) is 4.97. The van der Waals surface area contributed by atoms with Gasteiger partial charge in [0.25, 0.3) is 0 Å². The fraction of sp³-hybridized carbons (Fsp3) is 0.462. The second-order valence-corrected chi connectivity index (χ2v) is 3.95. The molecule has 0 heterocycles. The highest BCUT2D eigenvalue weighted by Crippen LogP contribution is 2.25. The average molecular weight is 237 g/mol. The second kappa shape index (κ2) is 6.25. The van der Waals surface area contributed by atoms with Crippen molar-refractivity contribution in [2.75, 3.05) is 7.05 Å². The van der Waals surface area contributed by atoms with Gasteiger partial charge in [-0.05, 0) is 26.0 Å². The molecule has 1 rings (SSSR count). The van der Waals surface area contributed by atoms with Crippen LogP contribution in [0.15, 0.2) is 18.2 Å². The van der Waals surface area contributed by atoms with Gasteiger partial charge >= 0.3 is 5.97 Å².